The van der Waals surface area contributed by atoms with E-state index in [1.165, 1.54) is 31.5 Å². The van der Waals surface area contributed by atoms with Crippen LogP contribution >= 0.6 is 23.2 Å². The van der Waals surface area contributed by atoms with Gasteiger partial charge in [-0.25, -0.2) is 9.37 Å². The van der Waals surface area contributed by atoms with Crippen LogP contribution in [0.4, 0.5) is 21.7 Å². The predicted molar refractivity (Wildman–Crippen MR) is 163 cm³/mol. The molecular weight excluding hydrogens is 580 g/mol. The van der Waals surface area contributed by atoms with Crippen LogP contribution < -0.4 is 20.1 Å². The Morgan fingerprint density at radius 3 is 2.48 bits per heavy atom. The van der Waals surface area contributed by atoms with E-state index in [0.29, 0.717) is 18.0 Å². The number of rotatable bonds is 11. The van der Waals surface area contributed by atoms with Crippen LogP contribution in [0.5, 0.6) is 17.4 Å². The number of likely N-dealkylation sites (tertiary alicyclic amines) is 1. The van der Waals surface area contributed by atoms with E-state index in [4.69, 9.17) is 32.7 Å². The molecule has 4 aromatic rings. The van der Waals surface area contributed by atoms with Crippen molar-refractivity contribution in [1.29, 1.82) is 0 Å². The van der Waals surface area contributed by atoms with Crippen molar-refractivity contribution in [2.75, 3.05) is 36.9 Å². The zero-order valence-corrected chi connectivity index (χ0v) is 24.3. The van der Waals surface area contributed by atoms with Gasteiger partial charge in [-0.3, -0.25) is 4.79 Å². The van der Waals surface area contributed by atoms with Crippen molar-refractivity contribution < 1.29 is 18.7 Å². The Morgan fingerprint density at radius 1 is 0.976 bits per heavy atom. The van der Waals surface area contributed by atoms with E-state index in [-0.39, 0.29) is 38.9 Å². The van der Waals surface area contributed by atoms with E-state index in [1.54, 1.807) is 54.6 Å². The van der Waals surface area contributed by atoms with Crippen molar-refractivity contribution in [1.82, 2.24) is 14.9 Å². The molecule has 2 N–H and O–H groups in total. The maximum Gasteiger partial charge on any atom is 0.262 e. The minimum Gasteiger partial charge on any atom is -0.490 e. The number of hydrogen-bond acceptors (Lipinski definition) is 7. The van der Waals surface area contributed by atoms with E-state index in [0.717, 1.165) is 26.1 Å². The lowest BCUT2D eigenvalue weighted by atomic mass is 10.1. The van der Waals surface area contributed by atoms with Gasteiger partial charge in [-0.1, -0.05) is 53.9 Å². The molecule has 1 amide bonds. The summed E-state index contributed by atoms with van der Waals surface area (Å²) < 4.78 is 26.4. The lowest BCUT2D eigenvalue weighted by molar-refractivity contribution is 0.102. The molecule has 0 aliphatic carbocycles. The quantitative estimate of drug-likeness (QED) is 0.167. The number of hydrogen-bond donors (Lipinski definition) is 2. The molecule has 1 aromatic heterocycles. The molecule has 1 fully saturated rings. The maximum atomic E-state index is 14.8. The van der Waals surface area contributed by atoms with Crippen LogP contribution in [0, 0.1) is 5.82 Å². The van der Waals surface area contributed by atoms with Crippen LogP contribution in [-0.2, 0) is 0 Å². The van der Waals surface area contributed by atoms with E-state index in [9.17, 15) is 9.18 Å². The van der Waals surface area contributed by atoms with E-state index < -0.39 is 11.7 Å². The number of halogens is 3. The van der Waals surface area contributed by atoms with Gasteiger partial charge < -0.3 is 25.0 Å². The highest BCUT2D eigenvalue weighted by Crippen LogP contribution is 2.32. The third-order valence-electron chi connectivity index (χ3n) is 6.67. The van der Waals surface area contributed by atoms with Gasteiger partial charge in [0.1, 0.15) is 11.3 Å². The third kappa shape index (κ3) is 7.88. The fourth-order valence-electron chi connectivity index (χ4n) is 4.54. The predicted octanol–water partition coefficient (Wildman–Crippen LogP) is 7.97. The monoisotopic (exact) mass is 609 g/mol. The summed E-state index contributed by atoms with van der Waals surface area (Å²) in [5.41, 5.74) is 0.696. The van der Waals surface area contributed by atoms with Gasteiger partial charge in [0, 0.05) is 24.5 Å². The molecule has 0 saturated carbocycles. The highest BCUT2D eigenvalue weighted by atomic mass is 35.5. The number of benzene rings is 3. The number of nitrogens with zero attached hydrogens (tertiary/aromatic N) is 3. The molecule has 3 aromatic carbocycles. The van der Waals surface area contributed by atoms with Gasteiger partial charge in [-0.15, -0.1) is 0 Å². The van der Waals surface area contributed by atoms with Crippen molar-refractivity contribution in [2.24, 2.45) is 0 Å². The topological polar surface area (TPSA) is 88.6 Å². The Labute approximate surface area is 253 Å². The van der Waals surface area contributed by atoms with Gasteiger partial charge in [0.2, 0.25) is 11.8 Å². The first-order valence-corrected chi connectivity index (χ1v) is 14.5. The van der Waals surface area contributed by atoms with Crippen molar-refractivity contribution in [3.05, 3.63) is 94.4 Å². The fraction of sp³-hybridized carbons (Fsp3) is 0.258. The molecule has 1 aliphatic heterocycles. The van der Waals surface area contributed by atoms with Crippen molar-refractivity contribution in [3.63, 3.8) is 0 Å². The summed E-state index contributed by atoms with van der Waals surface area (Å²) in [6, 6.07) is 18.3. The van der Waals surface area contributed by atoms with Crippen LogP contribution in [0.25, 0.3) is 0 Å². The number of amides is 1. The summed E-state index contributed by atoms with van der Waals surface area (Å²) >= 11 is 12.4. The molecule has 1 saturated heterocycles. The minimum absolute atomic E-state index is 0.0199. The van der Waals surface area contributed by atoms with Crippen LogP contribution in [0.2, 0.25) is 10.0 Å². The first-order valence-electron chi connectivity index (χ1n) is 13.7. The molecule has 218 valence electrons. The number of anilines is 3. The minimum atomic E-state index is -0.574. The summed E-state index contributed by atoms with van der Waals surface area (Å²) in [6.45, 7) is 3.63. The Kier molecular flexibility index (Phi) is 10.1. The molecule has 5 rings (SSSR count). The van der Waals surface area contributed by atoms with Crippen molar-refractivity contribution >= 4 is 46.4 Å². The van der Waals surface area contributed by atoms with E-state index >= 15 is 0 Å². The molecule has 0 radical (unpaired) electrons. The molecule has 42 heavy (non-hydrogen) atoms. The van der Waals surface area contributed by atoms with Gasteiger partial charge in [0.25, 0.3) is 5.91 Å². The average molecular weight is 611 g/mol. The summed E-state index contributed by atoms with van der Waals surface area (Å²) in [4.78, 5) is 24.3. The molecule has 0 atom stereocenters. The fourth-order valence-corrected chi connectivity index (χ4v) is 5.03. The summed E-state index contributed by atoms with van der Waals surface area (Å²) in [5.74, 6) is -0.365. The first kappa shape index (κ1) is 29.6. The second kappa shape index (κ2) is 14.3. The SMILES string of the molecule is O=C(Nc1c(Cl)cccc1Cl)c1cnc(Nc2ccc(OCCCN3CCCCC3)c(F)c2)nc1Oc1ccccc1. The number of ether oxygens (including phenoxy) is 2. The van der Waals surface area contributed by atoms with Gasteiger partial charge >= 0.3 is 0 Å². The number of para-hydroxylation sites is 2. The molecule has 0 unspecified atom stereocenters. The smallest absolute Gasteiger partial charge is 0.262 e. The average Bonchev–Trinajstić information content (AvgIpc) is 2.99. The van der Waals surface area contributed by atoms with Crippen LogP contribution in [0.3, 0.4) is 0 Å². The number of carbonyl (C=O) groups is 1. The standard InChI is InChI=1S/C31H30Cl2FN5O3/c32-24-11-7-12-25(33)28(24)37-29(40)23-20-35-31(38-30(23)42-22-9-3-1-4-10-22)36-21-13-14-27(26(34)19-21)41-18-8-17-39-15-5-2-6-16-39/h1,3-4,7,9-14,19-20H,2,5-6,8,15-18H2,(H,37,40)(H,35,36,38). The van der Waals surface area contributed by atoms with E-state index in [2.05, 4.69) is 25.5 Å². The summed E-state index contributed by atoms with van der Waals surface area (Å²) in [6.07, 6.45) is 5.91. The molecule has 2 heterocycles. The second-order valence-corrected chi connectivity index (χ2v) is 10.6. The van der Waals surface area contributed by atoms with Gasteiger partial charge in [0.15, 0.2) is 11.6 Å². The number of nitrogens with one attached hydrogen (secondary N) is 2. The lowest BCUT2D eigenvalue weighted by Crippen LogP contribution is -2.31. The highest BCUT2D eigenvalue weighted by Gasteiger charge is 2.20. The third-order valence-corrected chi connectivity index (χ3v) is 7.30. The number of piperidine rings is 1. The number of carbonyl (C=O) groups excluding carboxylic acids is 1. The zero-order chi connectivity index (χ0) is 29.3. The summed E-state index contributed by atoms with van der Waals surface area (Å²) in [5, 5.41) is 6.21. The Bertz CT molecular complexity index is 1500. The molecule has 0 spiro atoms. The molecule has 1 aliphatic rings. The second-order valence-electron chi connectivity index (χ2n) is 9.75. The molecule has 0 bridgehead atoms. The highest BCUT2D eigenvalue weighted by molar-refractivity contribution is 6.40. The first-order chi connectivity index (χ1) is 20.5. The normalized spacial score (nSPS) is 13.4. The van der Waals surface area contributed by atoms with Crippen molar-refractivity contribution in [3.8, 4) is 17.4 Å². The maximum absolute atomic E-state index is 14.8. The van der Waals surface area contributed by atoms with Crippen molar-refractivity contribution in [2.45, 2.75) is 25.7 Å². The van der Waals surface area contributed by atoms with Gasteiger partial charge in [-0.05, 0) is 68.8 Å². The Hall–Kier alpha value is -3.92. The largest absolute Gasteiger partial charge is 0.490 e. The Balaban J connectivity index is 1.28. The van der Waals surface area contributed by atoms with Gasteiger partial charge in [0.05, 0.1) is 22.3 Å². The van der Waals surface area contributed by atoms with Gasteiger partial charge in [-0.2, -0.15) is 4.98 Å². The summed E-state index contributed by atoms with van der Waals surface area (Å²) in [7, 11) is 0. The molecule has 8 nitrogen and oxygen atoms in total. The van der Waals surface area contributed by atoms with Crippen LogP contribution in [0.1, 0.15) is 36.0 Å². The van der Waals surface area contributed by atoms with Crippen LogP contribution in [0.15, 0.2) is 72.9 Å². The van der Waals surface area contributed by atoms with Crippen LogP contribution in [-0.4, -0.2) is 47.0 Å². The lowest BCUT2D eigenvalue weighted by Gasteiger charge is -2.26. The molecular formula is C31H30Cl2FN5O3. The zero-order valence-electron chi connectivity index (χ0n) is 22.8. The number of aromatic nitrogens is 2. The Morgan fingerprint density at radius 2 is 1.74 bits per heavy atom. The van der Waals surface area contributed by atoms with E-state index in [1.807, 2.05) is 6.07 Å². The molecule has 11 heteroatoms.